The molecule has 0 aliphatic heterocycles. The van der Waals surface area contributed by atoms with Crippen molar-refractivity contribution in [2.45, 2.75) is 33.1 Å². The van der Waals surface area contributed by atoms with Crippen LogP contribution in [0.25, 0.3) is 0 Å². The number of hydrogen-bond acceptors (Lipinski definition) is 4. The standard InChI is InChI=1S/C13H26N2O4/c1-3-8-18-10-11-19-9-7-15-13(17)6-5-12(16)14-4-2/h3-11H2,1-2H3,(H,14,16)(H,15,17). The average molecular weight is 274 g/mol. The number of nitrogens with one attached hydrogen (secondary N) is 2. The molecule has 0 aliphatic rings. The molecule has 0 aromatic heterocycles. The maximum absolute atomic E-state index is 11.4. The highest BCUT2D eigenvalue weighted by atomic mass is 16.5. The molecule has 0 atom stereocenters. The van der Waals surface area contributed by atoms with E-state index in [1.54, 1.807) is 0 Å². The molecule has 112 valence electrons. The van der Waals surface area contributed by atoms with Crippen molar-refractivity contribution in [2.75, 3.05) is 39.5 Å². The van der Waals surface area contributed by atoms with Crippen molar-refractivity contribution in [2.24, 2.45) is 0 Å². The Morgan fingerprint density at radius 3 is 2.00 bits per heavy atom. The predicted octanol–water partition coefficient (Wildman–Crippen LogP) is 0.462. The van der Waals surface area contributed by atoms with Gasteiger partial charge in [-0.25, -0.2) is 0 Å². The van der Waals surface area contributed by atoms with Gasteiger partial charge in [0, 0.05) is 32.5 Å². The molecular weight excluding hydrogens is 248 g/mol. The summed E-state index contributed by atoms with van der Waals surface area (Å²) in [5.41, 5.74) is 0. The number of rotatable bonds is 12. The molecule has 6 heteroatoms. The molecule has 0 radical (unpaired) electrons. The zero-order valence-corrected chi connectivity index (χ0v) is 12.0. The second kappa shape index (κ2) is 13.3. The van der Waals surface area contributed by atoms with Crippen LogP contribution in [-0.2, 0) is 19.1 Å². The van der Waals surface area contributed by atoms with Gasteiger partial charge < -0.3 is 20.1 Å². The lowest BCUT2D eigenvalue weighted by Crippen LogP contribution is -2.30. The smallest absolute Gasteiger partial charge is 0.220 e. The van der Waals surface area contributed by atoms with Gasteiger partial charge in [-0.2, -0.15) is 0 Å². The first-order valence-corrected chi connectivity index (χ1v) is 6.89. The van der Waals surface area contributed by atoms with E-state index in [2.05, 4.69) is 17.6 Å². The molecule has 0 spiro atoms. The molecule has 0 aliphatic carbocycles. The Morgan fingerprint density at radius 2 is 1.42 bits per heavy atom. The first-order valence-electron chi connectivity index (χ1n) is 6.89. The summed E-state index contributed by atoms with van der Waals surface area (Å²) in [6.45, 7) is 7.28. The highest BCUT2D eigenvalue weighted by molar-refractivity contribution is 5.83. The molecule has 0 unspecified atom stereocenters. The molecule has 2 N–H and O–H groups in total. The van der Waals surface area contributed by atoms with E-state index in [4.69, 9.17) is 9.47 Å². The topological polar surface area (TPSA) is 76.7 Å². The zero-order valence-electron chi connectivity index (χ0n) is 12.0. The Hall–Kier alpha value is -1.14. The van der Waals surface area contributed by atoms with E-state index in [0.29, 0.717) is 32.9 Å². The minimum Gasteiger partial charge on any atom is -0.379 e. The minimum atomic E-state index is -0.128. The molecule has 0 rings (SSSR count). The van der Waals surface area contributed by atoms with Crippen LogP contribution in [0.3, 0.4) is 0 Å². The third-order valence-corrected chi connectivity index (χ3v) is 2.24. The third kappa shape index (κ3) is 13.1. The second-order valence-corrected chi connectivity index (χ2v) is 4.03. The Labute approximate surface area is 115 Å². The molecule has 0 saturated carbocycles. The van der Waals surface area contributed by atoms with Crippen molar-refractivity contribution in [3.8, 4) is 0 Å². The average Bonchev–Trinajstić information content (AvgIpc) is 2.40. The minimum absolute atomic E-state index is 0.0954. The van der Waals surface area contributed by atoms with Crippen LogP contribution in [0.5, 0.6) is 0 Å². The molecule has 19 heavy (non-hydrogen) atoms. The Bertz CT molecular complexity index is 247. The summed E-state index contributed by atoms with van der Waals surface area (Å²) in [5, 5.41) is 5.34. The van der Waals surface area contributed by atoms with Crippen LogP contribution in [0.15, 0.2) is 0 Å². The lowest BCUT2D eigenvalue weighted by atomic mass is 10.3. The maximum Gasteiger partial charge on any atom is 0.220 e. The molecule has 0 bridgehead atoms. The number of hydrogen-bond donors (Lipinski definition) is 2. The predicted molar refractivity (Wildman–Crippen MR) is 72.9 cm³/mol. The number of ether oxygens (including phenoxy) is 2. The second-order valence-electron chi connectivity index (χ2n) is 4.03. The van der Waals surface area contributed by atoms with Crippen LogP contribution < -0.4 is 10.6 Å². The quantitative estimate of drug-likeness (QED) is 0.507. The first kappa shape index (κ1) is 17.9. The van der Waals surface area contributed by atoms with Crippen LogP contribution in [0.1, 0.15) is 33.1 Å². The fraction of sp³-hybridized carbons (Fsp3) is 0.846. The SMILES string of the molecule is CCCOCCOCCNC(=O)CCC(=O)NCC. The van der Waals surface area contributed by atoms with Crippen LogP contribution in [0.4, 0.5) is 0 Å². The molecule has 0 aromatic carbocycles. The van der Waals surface area contributed by atoms with Crippen LogP contribution in [0, 0.1) is 0 Å². The van der Waals surface area contributed by atoms with Gasteiger partial charge in [-0.05, 0) is 13.3 Å². The lowest BCUT2D eigenvalue weighted by Gasteiger charge is -2.07. The van der Waals surface area contributed by atoms with E-state index in [9.17, 15) is 9.59 Å². The largest absolute Gasteiger partial charge is 0.379 e. The summed E-state index contributed by atoms with van der Waals surface area (Å²) >= 11 is 0. The van der Waals surface area contributed by atoms with Crippen molar-refractivity contribution in [3.63, 3.8) is 0 Å². The molecule has 2 amide bonds. The zero-order chi connectivity index (χ0) is 14.3. The van der Waals surface area contributed by atoms with Crippen molar-refractivity contribution in [3.05, 3.63) is 0 Å². The van der Waals surface area contributed by atoms with Crippen LogP contribution >= 0.6 is 0 Å². The summed E-state index contributed by atoms with van der Waals surface area (Å²) in [6, 6.07) is 0. The Kier molecular flexibility index (Phi) is 12.5. The van der Waals surface area contributed by atoms with E-state index in [1.807, 2.05) is 6.92 Å². The summed E-state index contributed by atoms with van der Waals surface area (Å²) < 4.78 is 10.5. The van der Waals surface area contributed by atoms with E-state index in [-0.39, 0.29) is 24.7 Å². The Morgan fingerprint density at radius 1 is 0.842 bits per heavy atom. The maximum atomic E-state index is 11.4. The molecule has 0 heterocycles. The van der Waals surface area contributed by atoms with E-state index in [1.165, 1.54) is 0 Å². The molecule has 0 aromatic rings. The van der Waals surface area contributed by atoms with Crippen LogP contribution in [0.2, 0.25) is 0 Å². The van der Waals surface area contributed by atoms with Crippen molar-refractivity contribution >= 4 is 11.8 Å². The number of carbonyl (C=O) groups excluding carboxylic acids is 2. The molecule has 6 nitrogen and oxygen atoms in total. The number of carbonyl (C=O) groups is 2. The number of amides is 2. The highest BCUT2D eigenvalue weighted by Gasteiger charge is 2.05. The fourth-order valence-corrected chi connectivity index (χ4v) is 1.33. The highest BCUT2D eigenvalue weighted by Crippen LogP contribution is 1.89. The molecule has 0 saturated heterocycles. The van der Waals surface area contributed by atoms with Gasteiger partial charge in [-0.1, -0.05) is 6.92 Å². The summed E-state index contributed by atoms with van der Waals surface area (Å²) in [6.07, 6.45) is 1.44. The van der Waals surface area contributed by atoms with Crippen molar-refractivity contribution < 1.29 is 19.1 Å². The summed E-state index contributed by atoms with van der Waals surface area (Å²) in [7, 11) is 0. The summed E-state index contributed by atoms with van der Waals surface area (Å²) in [4.78, 5) is 22.5. The fourth-order valence-electron chi connectivity index (χ4n) is 1.33. The van der Waals surface area contributed by atoms with Gasteiger partial charge >= 0.3 is 0 Å². The lowest BCUT2D eigenvalue weighted by molar-refractivity contribution is -0.126. The van der Waals surface area contributed by atoms with Crippen molar-refractivity contribution in [1.29, 1.82) is 0 Å². The third-order valence-electron chi connectivity index (χ3n) is 2.24. The first-order chi connectivity index (χ1) is 9.20. The van der Waals surface area contributed by atoms with E-state index >= 15 is 0 Å². The van der Waals surface area contributed by atoms with Gasteiger partial charge in [0.05, 0.1) is 19.8 Å². The van der Waals surface area contributed by atoms with E-state index in [0.717, 1.165) is 13.0 Å². The Balaban J connectivity index is 3.27. The van der Waals surface area contributed by atoms with Gasteiger partial charge in [0.25, 0.3) is 0 Å². The summed E-state index contributed by atoms with van der Waals surface area (Å²) in [5.74, 6) is -0.223. The molecule has 0 fully saturated rings. The van der Waals surface area contributed by atoms with Gasteiger partial charge in [-0.3, -0.25) is 9.59 Å². The van der Waals surface area contributed by atoms with Crippen molar-refractivity contribution in [1.82, 2.24) is 10.6 Å². The van der Waals surface area contributed by atoms with Crippen LogP contribution in [-0.4, -0.2) is 51.3 Å². The monoisotopic (exact) mass is 274 g/mol. The molecular formula is C13H26N2O4. The normalized spacial score (nSPS) is 10.2. The van der Waals surface area contributed by atoms with Gasteiger partial charge in [0.15, 0.2) is 0 Å². The van der Waals surface area contributed by atoms with Gasteiger partial charge in [-0.15, -0.1) is 0 Å². The van der Waals surface area contributed by atoms with Gasteiger partial charge in [0.2, 0.25) is 11.8 Å². The van der Waals surface area contributed by atoms with E-state index < -0.39 is 0 Å². The van der Waals surface area contributed by atoms with Gasteiger partial charge in [0.1, 0.15) is 0 Å².